The summed E-state index contributed by atoms with van der Waals surface area (Å²) in [5, 5.41) is 0. The van der Waals surface area contributed by atoms with Crippen LogP contribution in [0.4, 0.5) is 5.69 Å². The average Bonchev–Trinajstić information content (AvgIpc) is 2.57. The van der Waals surface area contributed by atoms with E-state index in [4.69, 9.17) is 10.5 Å². The van der Waals surface area contributed by atoms with Crippen molar-refractivity contribution < 1.29 is 4.74 Å². The normalized spacial score (nSPS) is 16.8. The third-order valence-electron chi connectivity index (χ3n) is 2.41. The standard InChI is InChI=1S/C12H15NO/c1-2-3-4-9-8-14-12-6-5-10(13)7-11(9)12/h4-7H,2-3,8,13H2,1H3. The summed E-state index contributed by atoms with van der Waals surface area (Å²) in [5.41, 5.74) is 8.98. The van der Waals surface area contributed by atoms with Crippen molar-refractivity contribution in [2.24, 2.45) is 0 Å². The van der Waals surface area contributed by atoms with Crippen LogP contribution in [0.1, 0.15) is 25.3 Å². The molecule has 0 atom stereocenters. The summed E-state index contributed by atoms with van der Waals surface area (Å²) in [4.78, 5) is 0. The van der Waals surface area contributed by atoms with E-state index in [9.17, 15) is 0 Å². The molecule has 1 aliphatic rings. The van der Waals surface area contributed by atoms with Crippen molar-refractivity contribution in [1.29, 1.82) is 0 Å². The highest BCUT2D eigenvalue weighted by Gasteiger charge is 2.16. The predicted molar refractivity (Wildman–Crippen MR) is 59.2 cm³/mol. The Balaban J connectivity index is 2.33. The first-order valence-electron chi connectivity index (χ1n) is 5.03. The molecular weight excluding hydrogens is 174 g/mol. The fourth-order valence-electron chi connectivity index (χ4n) is 1.65. The first-order chi connectivity index (χ1) is 6.81. The van der Waals surface area contributed by atoms with Crippen LogP contribution in [0.2, 0.25) is 0 Å². The van der Waals surface area contributed by atoms with Crippen molar-refractivity contribution in [3.05, 3.63) is 29.8 Å². The van der Waals surface area contributed by atoms with Gasteiger partial charge < -0.3 is 10.5 Å². The third-order valence-corrected chi connectivity index (χ3v) is 2.41. The Hall–Kier alpha value is -1.44. The zero-order valence-electron chi connectivity index (χ0n) is 8.42. The van der Waals surface area contributed by atoms with Crippen molar-refractivity contribution in [3.63, 3.8) is 0 Å². The second-order valence-electron chi connectivity index (χ2n) is 3.56. The van der Waals surface area contributed by atoms with E-state index in [0.29, 0.717) is 6.61 Å². The molecule has 2 N–H and O–H groups in total. The zero-order valence-corrected chi connectivity index (χ0v) is 8.42. The molecular formula is C12H15NO. The van der Waals surface area contributed by atoms with Crippen LogP contribution in [0.25, 0.3) is 5.57 Å². The van der Waals surface area contributed by atoms with E-state index in [1.165, 1.54) is 17.6 Å². The molecule has 0 saturated carbocycles. The third kappa shape index (κ3) is 1.60. The van der Waals surface area contributed by atoms with Gasteiger partial charge in [-0.05, 0) is 30.2 Å². The smallest absolute Gasteiger partial charge is 0.127 e. The number of hydrogen-bond donors (Lipinski definition) is 1. The molecule has 2 rings (SSSR count). The SMILES string of the molecule is CCCC=C1COc2ccc(N)cc21. The van der Waals surface area contributed by atoms with Crippen molar-refractivity contribution in [2.75, 3.05) is 12.3 Å². The number of nitrogens with two attached hydrogens (primary N) is 1. The summed E-state index contributed by atoms with van der Waals surface area (Å²) in [5.74, 6) is 0.960. The lowest BCUT2D eigenvalue weighted by atomic mass is 10.1. The molecule has 14 heavy (non-hydrogen) atoms. The molecule has 1 aliphatic heterocycles. The van der Waals surface area contributed by atoms with Crippen LogP contribution in [0.5, 0.6) is 5.75 Å². The lowest BCUT2D eigenvalue weighted by Gasteiger charge is -1.99. The monoisotopic (exact) mass is 189 g/mol. The number of hydrogen-bond acceptors (Lipinski definition) is 2. The number of allylic oxidation sites excluding steroid dienone is 1. The van der Waals surface area contributed by atoms with Crippen LogP contribution in [-0.2, 0) is 0 Å². The first kappa shape index (κ1) is 9.13. The van der Waals surface area contributed by atoms with Crippen molar-refractivity contribution >= 4 is 11.3 Å². The highest BCUT2D eigenvalue weighted by atomic mass is 16.5. The topological polar surface area (TPSA) is 35.2 Å². The number of ether oxygens (including phenoxy) is 1. The van der Waals surface area contributed by atoms with E-state index in [1.54, 1.807) is 0 Å². The van der Waals surface area contributed by atoms with E-state index >= 15 is 0 Å². The number of fused-ring (bicyclic) bond motifs is 1. The fourth-order valence-corrected chi connectivity index (χ4v) is 1.65. The molecule has 1 aromatic rings. The minimum atomic E-state index is 0.693. The second-order valence-corrected chi connectivity index (χ2v) is 3.56. The summed E-state index contributed by atoms with van der Waals surface area (Å²) >= 11 is 0. The van der Waals surface area contributed by atoms with E-state index < -0.39 is 0 Å². The molecule has 1 aromatic carbocycles. The van der Waals surface area contributed by atoms with Gasteiger partial charge in [-0.1, -0.05) is 19.4 Å². The molecule has 0 amide bonds. The maximum atomic E-state index is 5.74. The average molecular weight is 189 g/mol. The lowest BCUT2D eigenvalue weighted by Crippen LogP contribution is -1.87. The molecule has 0 aliphatic carbocycles. The number of unbranched alkanes of at least 4 members (excludes halogenated alkanes) is 1. The molecule has 0 saturated heterocycles. The molecule has 0 fully saturated rings. The summed E-state index contributed by atoms with van der Waals surface area (Å²) in [7, 11) is 0. The Labute approximate surface area is 84.4 Å². The molecule has 0 unspecified atom stereocenters. The minimum Gasteiger partial charge on any atom is -0.488 e. The number of anilines is 1. The lowest BCUT2D eigenvalue weighted by molar-refractivity contribution is 0.388. The van der Waals surface area contributed by atoms with Gasteiger partial charge in [0, 0.05) is 11.3 Å². The summed E-state index contributed by atoms with van der Waals surface area (Å²) < 4.78 is 5.54. The quantitative estimate of drug-likeness (QED) is 0.726. The van der Waals surface area contributed by atoms with Gasteiger partial charge in [0.1, 0.15) is 12.4 Å². The van der Waals surface area contributed by atoms with Crippen LogP contribution in [-0.4, -0.2) is 6.61 Å². The Kier molecular flexibility index (Phi) is 2.44. The predicted octanol–water partition coefficient (Wildman–Crippen LogP) is 2.84. The first-order valence-corrected chi connectivity index (χ1v) is 5.03. The molecule has 0 aromatic heterocycles. The highest BCUT2D eigenvalue weighted by Crippen LogP contribution is 2.34. The van der Waals surface area contributed by atoms with Gasteiger partial charge in [0.2, 0.25) is 0 Å². The van der Waals surface area contributed by atoms with Crippen LogP contribution < -0.4 is 10.5 Å². The molecule has 0 bridgehead atoms. The van der Waals surface area contributed by atoms with Crippen molar-refractivity contribution in [2.45, 2.75) is 19.8 Å². The molecule has 0 radical (unpaired) electrons. The van der Waals surface area contributed by atoms with E-state index in [0.717, 1.165) is 17.9 Å². The second kappa shape index (κ2) is 3.74. The Morgan fingerprint density at radius 1 is 1.50 bits per heavy atom. The van der Waals surface area contributed by atoms with Gasteiger partial charge in [0.25, 0.3) is 0 Å². The number of rotatable bonds is 2. The van der Waals surface area contributed by atoms with Crippen LogP contribution >= 0.6 is 0 Å². The van der Waals surface area contributed by atoms with E-state index in [-0.39, 0.29) is 0 Å². The Morgan fingerprint density at radius 2 is 2.36 bits per heavy atom. The molecule has 2 nitrogen and oxygen atoms in total. The largest absolute Gasteiger partial charge is 0.488 e. The Bertz CT molecular complexity index is 369. The maximum absolute atomic E-state index is 5.74. The van der Waals surface area contributed by atoms with Crippen LogP contribution in [0.15, 0.2) is 24.3 Å². The maximum Gasteiger partial charge on any atom is 0.127 e. The summed E-state index contributed by atoms with van der Waals surface area (Å²) in [6.07, 6.45) is 4.51. The van der Waals surface area contributed by atoms with Crippen molar-refractivity contribution in [3.8, 4) is 5.75 Å². The van der Waals surface area contributed by atoms with Gasteiger partial charge in [0.05, 0.1) is 0 Å². The van der Waals surface area contributed by atoms with Gasteiger partial charge >= 0.3 is 0 Å². The van der Waals surface area contributed by atoms with Crippen LogP contribution in [0.3, 0.4) is 0 Å². The fraction of sp³-hybridized carbons (Fsp3) is 0.333. The van der Waals surface area contributed by atoms with Crippen LogP contribution in [0, 0.1) is 0 Å². The van der Waals surface area contributed by atoms with Gasteiger partial charge in [-0.3, -0.25) is 0 Å². The molecule has 2 heteroatoms. The molecule has 74 valence electrons. The van der Waals surface area contributed by atoms with Gasteiger partial charge in [-0.2, -0.15) is 0 Å². The molecule has 1 heterocycles. The highest BCUT2D eigenvalue weighted by molar-refractivity contribution is 5.77. The van der Waals surface area contributed by atoms with Gasteiger partial charge in [-0.25, -0.2) is 0 Å². The van der Waals surface area contributed by atoms with E-state index in [1.807, 2.05) is 18.2 Å². The van der Waals surface area contributed by atoms with Crippen molar-refractivity contribution in [1.82, 2.24) is 0 Å². The van der Waals surface area contributed by atoms with Gasteiger partial charge in [-0.15, -0.1) is 0 Å². The number of benzene rings is 1. The Morgan fingerprint density at radius 3 is 3.14 bits per heavy atom. The summed E-state index contributed by atoms with van der Waals surface area (Å²) in [6, 6.07) is 5.81. The van der Waals surface area contributed by atoms with Gasteiger partial charge in [0.15, 0.2) is 0 Å². The molecule has 0 spiro atoms. The number of nitrogen functional groups attached to an aromatic ring is 1. The minimum absolute atomic E-state index is 0.693. The zero-order chi connectivity index (χ0) is 9.97. The summed E-state index contributed by atoms with van der Waals surface area (Å²) in [6.45, 7) is 2.87. The van der Waals surface area contributed by atoms with E-state index in [2.05, 4.69) is 13.0 Å².